The summed E-state index contributed by atoms with van der Waals surface area (Å²) in [5.74, 6) is 3.41. The van der Waals surface area contributed by atoms with Gasteiger partial charge in [-0.2, -0.15) is 0 Å². The molecule has 12 heteroatoms. The third-order valence-electron chi connectivity index (χ3n) is 14.2. The van der Waals surface area contributed by atoms with E-state index >= 15 is 0 Å². The molecule has 1 aliphatic rings. The van der Waals surface area contributed by atoms with Crippen LogP contribution in [0.2, 0.25) is 0 Å². The Labute approximate surface area is 468 Å². The molecular formula is C67H85N8O4+3. The van der Waals surface area contributed by atoms with Crippen LogP contribution in [-0.2, 0) is 0 Å². The number of ether oxygens (including phenoxy) is 4. The first kappa shape index (κ1) is 56.2. The molecule has 8 bridgehead atoms. The number of aromatic amines is 4. The summed E-state index contributed by atoms with van der Waals surface area (Å²) >= 11 is 0. The Bertz CT molecular complexity index is 3520. The van der Waals surface area contributed by atoms with Crippen molar-refractivity contribution in [3.8, 4) is 23.0 Å². The van der Waals surface area contributed by atoms with Crippen LogP contribution in [0.5, 0.6) is 23.0 Å². The molecule has 0 unspecified atom stereocenters. The fourth-order valence-corrected chi connectivity index (χ4v) is 10.2. The topological polar surface area (TPSA) is 103 Å². The van der Waals surface area contributed by atoms with E-state index in [2.05, 4.69) is 248 Å². The van der Waals surface area contributed by atoms with E-state index < -0.39 is 0 Å². The van der Waals surface area contributed by atoms with E-state index in [0.29, 0.717) is 26.4 Å². The number of fused-ring (bicyclic) bond motifs is 8. The molecule has 0 fully saturated rings. The predicted octanol–water partition coefficient (Wildman–Crippen LogP) is 8.06. The quantitative estimate of drug-likeness (QED) is 0.0363. The van der Waals surface area contributed by atoms with Gasteiger partial charge < -0.3 is 57.2 Å². The second-order valence-electron chi connectivity index (χ2n) is 24.4. The van der Waals surface area contributed by atoms with Gasteiger partial charge in [0.2, 0.25) is 0 Å². The minimum atomic E-state index is 0.650. The number of nitrogens with zero attached hydrogens (tertiary/aromatic N) is 4. The Hall–Kier alpha value is -7.48. The van der Waals surface area contributed by atoms with Crippen LogP contribution >= 0.6 is 0 Å². The summed E-state index contributed by atoms with van der Waals surface area (Å²) in [6, 6.07) is 51.7. The molecule has 9 rings (SSSR count). The van der Waals surface area contributed by atoms with E-state index in [1.54, 1.807) is 0 Å². The summed E-state index contributed by atoms with van der Waals surface area (Å²) in [4.78, 5) is 18.0. The second kappa shape index (κ2) is 24.7. The van der Waals surface area contributed by atoms with Crippen molar-refractivity contribution >= 4 is 22.3 Å². The van der Waals surface area contributed by atoms with Gasteiger partial charge in [0, 0.05) is 92.3 Å². The van der Waals surface area contributed by atoms with Gasteiger partial charge in [0.05, 0.1) is 109 Å². The standard InChI is InChI=1S/C67H85N8O4/c1-72(2)40-12-44-76-52-24-16-48(17-25-52)64-56-32-34-58(68-56)65(49-18-26-53(27-19-49)77-45-13-41-73(3,4)5)60-36-38-62(70-60)67(51-22-30-55(31-23-51)79-47-15-43-75(9,10)11)63-39-37-61(71-63)66(59-35-33-57(64)69-59)50-20-28-54(29-21-50)78-46-14-42-74(6,7)8/h16-39,68-71H,12-15,40-47H2,1-11H3/q+3. The number of aromatic nitrogens is 4. The molecule has 0 radical (unpaired) electrons. The van der Waals surface area contributed by atoms with Gasteiger partial charge in [-0.1, -0.05) is 48.5 Å². The molecule has 4 aromatic heterocycles. The minimum absolute atomic E-state index is 0.650. The fraction of sp³-hybridized carbons (Fsp3) is 0.343. The highest BCUT2D eigenvalue weighted by Gasteiger charge is 2.20. The molecule has 414 valence electrons. The van der Waals surface area contributed by atoms with E-state index in [-0.39, 0.29) is 0 Å². The van der Waals surface area contributed by atoms with Crippen LogP contribution in [0.3, 0.4) is 0 Å². The summed E-state index contributed by atoms with van der Waals surface area (Å²) in [6.45, 7) is 6.72. The van der Waals surface area contributed by atoms with Crippen molar-refractivity contribution in [3.05, 3.63) is 212 Å². The Balaban J connectivity index is 1.21. The lowest BCUT2D eigenvalue weighted by atomic mass is 10.0. The largest absolute Gasteiger partial charge is 0.494 e. The highest BCUT2D eigenvalue weighted by atomic mass is 16.5. The molecule has 79 heavy (non-hydrogen) atoms. The van der Waals surface area contributed by atoms with Crippen LogP contribution in [0, 0.1) is 0 Å². The van der Waals surface area contributed by atoms with Gasteiger partial charge >= 0.3 is 0 Å². The molecular weight excluding hydrogens is 981 g/mol. The van der Waals surface area contributed by atoms with Crippen molar-refractivity contribution in [2.75, 3.05) is 130 Å². The molecule has 0 aliphatic carbocycles. The maximum atomic E-state index is 6.30. The zero-order valence-electron chi connectivity index (χ0n) is 48.8. The highest BCUT2D eigenvalue weighted by Crippen LogP contribution is 2.30. The predicted molar refractivity (Wildman–Crippen MR) is 322 cm³/mol. The molecule has 4 N–H and O–H groups in total. The molecule has 12 nitrogen and oxygen atoms in total. The lowest BCUT2D eigenvalue weighted by Gasteiger charge is -2.23. The lowest BCUT2D eigenvalue weighted by Crippen LogP contribution is -2.36. The number of benzene rings is 4. The van der Waals surface area contributed by atoms with Crippen molar-refractivity contribution in [1.82, 2.24) is 24.8 Å². The normalized spacial score (nSPS) is 13.1. The zero-order valence-corrected chi connectivity index (χ0v) is 48.8. The van der Waals surface area contributed by atoms with Gasteiger partial charge in [0.1, 0.15) is 23.0 Å². The van der Waals surface area contributed by atoms with Crippen molar-refractivity contribution in [2.24, 2.45) is 0 Å². The van der Waals surface area contributed by atoms with E-state index in [0.717, 1.165) is 177 Å². The van der Waals surface area contributed by atoms with Gasteiger partial charge in [-0.05, 0) is 140 Å². The first-order chi connectivity index (χ1) is 37.8. The average molecular weight is 1070 g/mol. The zero-order chi connectivity index (χ0) is 55.7. The number of hydrogen-bond acceptors (Lipinski definition) is 5. The van der Waals surface area contributed by atoms with Gasteiger partial charge in [0.25, 0.3) is 0 Å². The molecule has 0 spiro atoms. The SMILES string of the molecule is CN(C)CCCOc1ccc(C2=c3ccc([nH]3)=C(c3ccc(OCCC[N+](C)(C)C)cc3)c3ccc([nH]3)C(c3ccc(OCCC[N+](C)(C)C)cc3)=c3ccc([nH]3)=C(c3ccc(OCCC[N+](C)(C)C)cc3)c3ccc2[nH]3)cc1. The number of nitrogens with one attached hydrogen (secondary N) is 4. The van der Waals surface area contributed by atoms with Crippen LogP contribution in [0.4, 0.5) is 0 Å². The molecule has 4 aromatic carbocycles. The second-order valence-corrected chi connectivity index (χ2v) is 24.4. The summed E-state index contributed by atoms with van der Waals surface area (Å²) in [5, 5.41) is 3.89. The number of H-pyrrole nitrogens is 4. The number of quaternary nitrogens is 3. The minimum Gasteiger partial charge on any atom is -0.494 e. The molecule has 0 atom stereocenters. The summed E-state index contributed by atoms with van der Waals surface area (Å²) in [6.07, 6.45) is 3.87. The van der Waals surface area contributed by atoms with Crippen molar-refractivity contribution in [2.45, 2.75) is 25.7 Å². The third-order valence-corrected chi connectivity index (χ3v) is 14.2. The fourth-order valence-electron chi connectivity index (χ4n) is 10.2. The first-order valence-electron chi connectivity index (χ1n) is 28.1. The molecule has 1 aliphatic heterocycles. The van der Waals surface area contributed by atoms with Crippen molar-refractivity contribution in [1.29, 1.82) is 0 Å². The Morgan fingerprint density at radius 2 is 0.544 bits per heavy atom. The first-order valence-corrected chi connectivity index (χ1v) is 28.1. The maximum Gasteiger partial charge on any atom is 0.119 e. The summed E-state index contributed by atoms with van der Waals surface area (Å²) < 4.78 is 27.9. The monoisotopic (exact) mass is 1070 g/mol. The summed E-state index contributed by atoms with van der Waals surface area (Å²) in [7, 11) is 24.1. The van der Waals surface area contributed by atoms with Gasteiger partial charge in [-0.3, -0.25) is 0 Å². The van der Waals surface area contributed by atoms with Crippen LogP contribution in [0.25, 0.3) is 22.3 Å². The Morgan fingerprint density at radius 3 is 0.772 bits per heavy atom. The third kappa shape index (κ3) is 15.2. The Kier molecular flexibility index (Phi) is 17.6. The van der Waals surface area contributed by atoms with Gasteiger partial charge in [-0.15, -0.1) is 0 Å². The van der Waals surface area contributed by atoms with Crippen molar-refractivity contribution in [3.63, 3.8) is 0 Å². The molecule has 8 aromatic rings. The van der Waals surface area contributed by atoms with Gasteiger partial charge in [0.15, 0.2) is 0 Å². The lowest BCUT2D eigenvalue weighted by molar-refractivity contribution is -0.870. The molecule has 0 saturated heterocycles. The van der Waals surface area contributed by atoms with Crippen molar-refractivity contribution < 1.29 is 32.4 Å². The Morgan fingerprint density at radius 1 is 0.304 bits per heavy atom. The van der Waals surface area contributed by atoms with E-state index in [9.17, 15) is 0 Å². The molecule has 0 amide bonds. The molecule has 5 heterocycles. The average Bonchev–Trinajstić information content (AvgIpc) is 4.45. The van der Waals surface area contributed by atoms with Crippen LogP contribution < -0.4 is 40.3 Å². The number of rotatable bonds is 24. The van der Waals surface area contributed by atoms with Gasteiger partial charge in [-0.25, -0.2) is 0 Å². The maximum absolute atomic E-state index is 6.30. The van der Waals surface area contributed by atoms with E-state index in [1.165, 1.54) is 0 Å². The van der Waals surface area contributed by atoms with E-state index in [1.807, 2.05) is 0 Å². The highest BCUT2D eigenvalue weighted by molar-refractivity contribution is 5.85. The molecule has 0 saturated carbocycles. The number of hydrogen-bond donors (Lipinski definition) is 4. The van der Waals surface area contributed by atoms with E-state index in [4.69, 9.17) is 18.9 Å². The van der Waals surface area contributed by atoms with Crippen LogP contribution in [0.1, 0.15) is 70.7 Å². The van der Waals surface area contributed by atoms with Crippen LogP contribution in [0.15, 0.2) is 146 Å². The summed E-state index contributed by atoms with van der Waals surface area (Å²) in [5.41, 5.74) is 12.2. The smallest absolute Gasteiger partial charge is 0.119 e. The van der Waals surface area contributed by atoms with Crippen LogP contribution in [-0.4, -0.2) is 168 Å².